The van der Waals surface area contributed by atoms with E-state index in [1.165, 1.54) is 46.5 Å². The van der Waals surface area contributed by atoms with Crippen LogP contribution >= 0.6 is 11.3 Å². The lowest BCUT2D eigenvalue weighted by Crippen LogP contribution is -2.17. The molecule has 1 aromatic carbocycles. The molecule has 0 amide bonds. The molecule has 1 aromatic heterocycles. The van der Waals surface area contributed by atoms with Gasteiger partial charge in [-0.25, -0.2) is 0 Å². The zero-order valence-corrected chi connectivity index (χ0v) is 10.5. The molecule has 1 saturated heterocycles. The molecule has 1 aliphatic rings. The third-order valence-electron chi connectivity index (χ3n) is 3.37. The molecule has 0 spiro atoms. The Morgan fingerprint density at radius 3 is 2.81 bits per heavy atom. The first-order chi connectivity index (χ1) is 7.83. The lowest BCUT2D eigenvalue weighted by Gasteiger charge is -2.12. The van der Waals surface area contributed by atoms with Crippen LogP contribution in [-0.4, -0.2) is 18.0 Å². The number of rotatable bonds is 2. The van der Waals surface area contributed by atoms with E-state index in [1.807, 2.05) is 11.3 Å². The Balaban J connectivity index is 1.90. The zero-order valence-electron chi connectivity index (χ0n) is 9.70. The van der Waals surface area contributed by atoms with Crippen molar-refractivity contribution >= 4 is 21.4 Å². The van der Waals surface area contributed by atoms with E-state index in [9.17, 15) is 0 Å². The molecule has 2 heteroatoms. The maximum atomic E-state index is 2.57. The van der Waals surface area contributed by atoms with Gasteiger partial charge in [0.1, 0.15) is 0 Å². The van der Waals surface area contributed by atoms with Crippen molar-refractivity contribution < 1.29 is 0 Å². The summed E-state index contributed by atoms with van der Waals surface area (Å²) in [6.07, 6.45) is 2.76. The van der Waals surface area contributed by atoms with E-state index in [0.717, 1.165) is 6.54 Å². The molecule has 1 fully saturated rings. The van der Waals surface area contributed by atoms with E-state index < -0.39 is 0 Å². The van der Waals surface area contributed by atoms with E-state index in [0.29, 0.717) is 0 Å². The first-order valence-corrected chi connectivity index (χ1v) is 6.85. The van der Waals surface area contributed by atoms with E-state index in [2.05, 4.69) is 36.1 Å². The number of aryl methyl sites for hydroxylation is 1. The van der Waals surface area contributed by atoms with Crippen LogP contribution in [0.4, 0.5) is 0 Å². The van der Waals surface area contributed by atoms with Gasteiger partial charge in [-0.15, -0.1) is 11.3 Å². The number of hydrogen-bond acceptors (Lipinski definition) is 2. The van der Waals surface area contributed by atoms with Gasteiger partial charge in [-0.3, -0.25) is 4.90 Å². The number of benzene rings is 1. The molecule has 0 atom stereocenters. The molecule has 0 N–H and O–H groups in total. The Morgan fingerprint density at radius 1 is 1.25 bits per heavy atom. The van der Waals surface area contributed by atoms with Crippen molar-refractivity contribution in [1.29, 1.82) is 0 Å². The van der Waals surface area contributed by atoms with Crippen molar-refractivity contribution in [2.45, 2.75) is 26.3 Å². The zero-order chi connectivity index (χ0) is 11.0. The van der Waals surface area contributed by atoms with Crippen LogP contribution in [0.5, 0.6) is 0 Å². The van der Waals surface area contributed by atoms with Gasteiger partial charge in [-0.2, -0.15) is 0 Å². The predicted molar refractivity (Wildman–Crippen MR) is 71.1 cm³/mol. The fourth-order valence-corrected chi connectivity index (χ4v) is 3.67. The largest absolute Gasteiger partial charge is 0.298 e. The molecule has 0 unspecified atom stereocenters. The first kappa shape index (κ1) is 10.3. The fourth-order valence-electron chi connectivity index (χ4n) is 2.50. The van der Waals surface area contributed by atoms with Gasteiger partial charge in [-0.1, -0.05) is 18.2 Å². The van der Waals surface area contributed by atoms with Crippen LogP contribution in [0.2, 0.25) is 0 Å². The Labute approximate surface area is 101 Å². The summed E-state index contributed by atoms with van der Waals surface area (Å²) >= 11 is 1.97. The molecule has 0 radical (unpaired) electrons. The summed E-state index contributed by atoms with van der Waals surface area (Å²) in [5.74, 6) is 0. The maximum Gasteiger partial charge on any atom is 0.0375 e. The third kappa shape index (κ3) is 1.87. The van der Waals surface area contributed by atoms with Gasteiger partial charge < -0.3 is 0 Å². The summed E-state index contributed by atoms with van der Waals surface area (Å²) in [6, 6.07) is 8.96. The highest BCUT2D eigenvalue weighted by Gasteiger charge is 2.13. The standard InChI is InChI=1S/C14H17NS/c1-11-5-4-6-12-9-13(16-14(11)12)10-15-7-2-3-8-15/h4-6,9H,2-3,7-8,10H2,1H3. The minimum absolute atomic E-state index is 1.15. The van der Waals surface area contributed by atoms with Gasteiger partial charge in [0.05, 0.1) is 0 Å². The molecule has 84 valence electrons. The van der Waals surface area contributed by atoms with Crippen LogP contribution in [0.3, 0.4) is 0 Å². The second-order valence-electron chi connectivity index (χ2n) is 4.69. The Bertz CT molecular complexity index is 494. The average Bonchev–Trinajstić information content (AvgIpc) is 2.88. The van der Waals surface area contributed by atoms with Gasteiger partial charge in [0, 0.05) is 16.1 Å². The molecular weight excluding hydrogens is 214 g/mol. The smallest absolute Gasteiger partial charge is 0.0375 e. The highest BCUT2D eigenvalue weighted by molar-refractivity contribution is 7.19. The van der Waals surface area contributed by atoms with Gasteiger partial charge in [0.25, 0.3) is 0 Å². The summed E-state index contributed by atoms with van der Waals surface area (Å²) in [7, 11) is 0. The van der Waals surface area contributed by atoms with Crippen molar-refractivity contribution in [2.24, 2.45) is 0 Å². The van der Waals surface area contributed by atoms with Crippen molar-refractivity contribution in [3.05, 3.63) is 34.7 Å². The maximum absolute atomic E-state index is 2.57. The van der Waals surface area contributed by atoms with Crippen LogP contribution in [0, 0.1) is 6.92 Å². The predicted octanol–water partition coefficient (Wildman–Crippen LogP) is 3.81. The van der Waals surface area contributed by atoms with Crippen LogP contribution in [-0.2, 0) is 6.54 Å². The molecule has 0 aliphatic carbocycles. The quantitative estimate of drug-likeness (QED) is 0.759. The van der Waals surface area contributed by atoms with Crippen molar-refractivity contribution in [3.63, 3.8) is 0 Å². The molecule has 16 heavy (non-hydrogen) atoms. The number of nitrogens with zero attached hydrogens (tertiary/aromatic N) is 1. The topological polar surface area (TPSA) is 3.24 Å². The number of hydrogen-bond donors (Lipinski definition) is 0. The molecule has 1 aliphatic heterocycles. The van der Waals surface area contributed by atoms with E-state index >= 15 is 0 Å². The SMILES string of the molecule is Cc1cccc2cc(CN3CCCC3)sc12. The highest BCUT2D eigenvalue weighted by atomic mass is 32.1. The summed E-state index contributed by atoms with van der Waals surface area (Å²) in [6.45, 7) is 5.93. The van der Waals surface area contributed by atoms with E-state index in [-0.39, 0.29) is 0 Å². The van der Waals surface area contributed by atoms with Crippen LogP contribution < -0.4 is 0 Å². The number of fused-ring (bicyclic) bond motifs is 1. The summed E-state index contributed by atoms with van der Waals surface area (Å²) in [4.78, 5) is 4.09. The Hall–Kier alpha value is -0.860. The van der Waals surface area contributed by atoms with Crippen LogP contribution in [0.25, 0.3) is 10.1 Å². The monoisotopic (exact) mass is 231 g/mol. The van der Waals surface area contributed by atoms with Gasteiger partial charge in [0.2, 0.25) is 0 Å². The van der Waals surface area contributed by atoms with Crippen molar-refractivity contribution in [2.75, 3.05) is 13.1 Å². The molecule has 2 heterocycles. The molecule has 1 nitrogen and oxygen atoms in total. The lowest BCUT2D eigenvalue weighted by atomic mass is 10.2. The summed E-state index contributed by atoms with van der Waals surface area (Å²) in [5.41, 5.74) is 1.41. The number of thiophene rings is 1. The van der Waals surface area contributed by atoms with E-state index in [4.69, 9.17) is 0 Å². The first-order valence-electron chi connectivity index (χ1n) is 6.03. The number of likely N-dealkylation sites (tertiary alicyclic amines) is 1. The van der Waals surface area contributed by atoms with E-state index in [1.54, 1.807) is 0 Å². The molecule has 0 saturated carbocycles. The van der Waals surface area contributed by atoms with Gasteiger partial charge in [-0.05, 0) is 49.9 Å². The molecule has 3 rings (SSSR count). The van der Waals surface area contributed by atoms with Crippen molar-refractivity contribution in [3.8, 4) is 0 Å². The Morgan fingerprint density at radius 2 is 2.06 bits per heavy atom. The lowest BCUT2D eigenvalue weighted by molar-refractivity contribution is 0.334. The molecule has 0 bridgehead atoms. The molecular formula is C14H17NS. The minimum atomic E-state index is 1.15. The van der Waals surface area contributed by atoms with Gasteiger partial charge >= 0.3 is 0 Å². The second kappa shape index (κ2) is 4.19. The third-order valence-corrected chi connectivity index (χ3v) is 4.64. The second-order valence-corrected chi connectivity index (χ2v) is 5.83. The highest BCUT2D eigenvalue weighted by Crippen LogP contribution is 2.29. The normalized spacial score (nSPS) is 17.3. The van der Waals surface area contributed by atoms with Crippen molar-refractivity contribution in [1.82, 2.24) is 4.90 Å². The van der Waals surface area contributed by atoms with Gasteiger partial charge in [0.15, 0.2) is 0 Å². The fraction of sp³-hybridized carbons (Fsp3) is 0.429. The Kier molecular flexibility index (Phi) is 2.70. The summed E-state index contributed by atoms with van der Waals surface area (Å²) < 4.78 is 1.47. The average molecular weight is 231 g/mol. The summed E-state index contributed by atoms with van der Waals surface area (Å²) in [5, 5.41) is 1.42. The molecule has 2 aromatic rings. The van der Waals surface area contributed by atoms with Crippen LogP contribution in [0.1, 0.15) is 23.3 Å². The van der Waals surface area contributed by atoms with Crippen LogP contribution in [0.15, 0.2) is 24.3 Å². The minimum Gasteiger partial charge on any atom is -0.298 e.